The highest BCUT2D eigenvalue weighted by Gasteiger charge is 2.25. The molecule has 7 heteroatoms. The van der Waals surface area contributed by atoms with Crippen LogP contribution in [0.1, 0.15) is 26.2 Å². The summed E-state index contributed by atoms with van der Waals surface area (Å²) >= 11 is 0. The lowest BCUT2D eigenvalue weighted by Gasteiger charge is -2.29. The van der Waals surface area contributed by atoms with Gasteiger partial charge in [-0.2, -0.15) is 0 Å². The van der Waals surface area contributed by atoms with Gasteiger partial charge in [0.1, 0.15) is 12.4 Å². The van der Waals surface area contributed by atoms with Crippen LogP contribution in [0.2, 0.25) is 0 Å². The Morgan fingerprint density at radius 2 is 2.19 bits per heavy atom. The smallest absolute Gasteiger partial charge is 0.232 e. The molecule has 0 aromatic heterocycles. The lowest BCUT2D eigenvalue weighted by molar-refractivity contribution is -0.116. The fourth-order valence-corrected chi connectivity index (χ4v) is 3.08. The number of sulfonamides is 1. The molecule has 21 heavy (non-hydrogen) atoms. The Bertz CT molecular complexity index is 628. The number of hydrogen-bond donors (Lipinski definition) is 1. The van der Waals surface area contributed by atoms with Gasteiger partial charge in [-0.15, -0.1) is 0 Å². The molecular weight excluding hydrogens is 292 g/mol. The SMILES string of the molecule is CCCCC(=O)Nc1ccc2c(c1)N(S(C)(=O)=O)CCO2. The Kier molecular flexibility index (Phi) is 4.72. The molecule has 0 spiro atoms. The number of fused-ring (bicyclic) bond motifs is 1. The van der Waals surface area contributed by atoms with Crippen molar-refractivity contribution >= 4 is 27.3 Å². The van der Waals surface area contributed by atoms with Gasteiger partial charge in [0.25, 0.3) is 0 Å². The zero-order chi connectivity index (χ0) is 15.5. The van der Waals surface area contributed by atoms with Crippen molar-refractivity contribution in [2.45, 2.75) is 26.2 Å². The van der Waals surface area contributed by atoms with Crippen LogP contribution < -0.4 is 14.4 Å². The second-order valence-corrected chi connectivity index (χ2v) is 6.92. The molecule has 1 aromatic rings. The fourth-order valence-electron chi connectivity index (χ4n) is 2.18. The van der Waals surface area contributed by atoms with Crippen LogP contribution in [-0.2, 0) is 14.8 Å². The zero-order valence-electron chi connectivity index (χ0n) is 12.3. The lowest BCUT2D eigenvalue weighted by Crippen LogP contribution is -2.37. The van der Waals surface area contributed by atoms with E-state index in [4.69, 9.17) is 4.74 Å². The van der Waals surface area contributed by atoms with Gasteiger partial charge in [-0.3, -0.25) is 9.10 Å². The van der Waals surface area contributed by atoms with Crippen LogP contribution in [0.25, 0.3) is 0 Å². The van der Waals surface area contributed by atoms with Gasteiger partial charge in [-0.1, -0.05) is 13.3 Å². The molecular formula is C14H20N2O4S. The highest BCUT2D eigenvalue weighted by Crippen LogP contribution is 2.35. The second-order valence-electron chi connectivity index (χ2n) is 5.02. The Labute approximate surface area is 125 Å². The number of amides is 1. The number of rotatable bonds is 5. The van der Waals surface area contributed by atoms with Crippen molar-refractivity contribution in [1.82, 2.24) is 0 Å². The van der Waals surface area contributed by atoms with E-state index < -0.39 is 10.0 Å². The first-order valence-corrected chi connectivity index (χ1v) is 8.81. The number of nitrogens with zero attached hydrogens (tertiary/aromatic N) is 1. The summed E-state index contributed by atoms with van der Waals surface area (Å²) in [6.45, 7) is 2.62. The van der Waals surface area contributed by atoms with Gasteiger partial charge < -0.3 is 10.1 Å². The molecule has 1 aliphatic heterocycles. The predicted molar refractivity (Wildman–Crippen MR) is 82.3 cm³/mol. The second kappa shape index (κ2) is 6.34. The third-order valence-electron chi connectivity index (χ3n) is 3.22. The van der Waals surface area contributed by atoms with Crippen LogP contribution in [0.4, 0.5) is 11.4 Å². The molecule has 1 heterocycles. The third-order valence-corrected chi connectivity index (χ3v) is 4.40. The summed E-state index contributed by atoms with van der Waals surface area (Å²) in [5, 5.41) is 2.78. The standard InChI is InChI=1S/C14H20N2O4S/c1-3-4-5-14(17)15-11-6-7-13-12(10-11)16(8-9-20-13)21(2,18)19/h6-7,10H,3-5,8-9H2,1-2H3,(H,15,17). The summed E-state index contributed by atoms with van der Waals surface area (Å²) in [5.74, 6) is 0.442. The first-order valence-electron chi connectivity index (χ1n) is 6.96. The molecule has 0 saturated heterocycles. The summed E-state index contributed by atoms with van der Waals surface area (Å²) in [6, 6.07) is 5.04. The molecule has 2 rings (SSSR count). The Morgan fingerprint density at radius 3 is 2.86 bits per heavy atom. The summed E-state index contributed by atoms with van der Waals surface area (Å²) in [5.41, 5.74) is 1.05. The number of nitrogens with one attached hydrogen (secondary N) is 1. The van der Waals surface area contributed by atoms with Crippen LogP contribution in [0.15, 0.2) is 18.2 Å². The van der Waals surface area contributed by atoms with E-state index in [0.29, 0.717) is 30.2 Å². The predicted octanol–water partition coefficient (Wildman–Crippen LogP) is 1.97. The molecule has 0 saturated carbocycles. The van der Waals surface area contributed by atoms with Gasteiger partial charge in [0.05, 0.1) is 18.5 Å². The summed E-state index contributed by atoms with van der Waals surface area (Å²) in [4.78, 5) is 11.7. The van der Waals surface area contributed by atoms with Gasteiger partial charge in [0.15, 0.2) is 0 Å². The Balaban J connectivity index is 2.22. The van der Waals surface area contributed by atoms with E-state index in [2.05, 4.69) is 5.32 Å². The molecule has 1 amide bonds. The highest BCUT2D eigenvalue weighted by atomic mass is 32.2. The first-order chi connectivity index (χ1) is 9.91. The van der Waals surface area contributed by atoms with Gasteiger partial charge in [0.2, 0.25) is 15.9 Å². The third kappa shape index (κ3) is 3.87. The molecule has 6 nitrogen and oxygen atoms in total. The largest absolute Gasteiger partial charge is 0.489 e. The normalized spacial score (nSPS) is 14.3. The fraction of sp³-hybridized carbons (Fsp3) is 0.500. The topological polar surface area (TPSA) is 75.7 Å². The van der Waals surface area contributed by atoms with Crippen LogP contribution in [-0.4, -0.2) is 33.7 Å². The van der Waals surface area contributed by atoms with Crippen LogP contribution in [0.5, 0.6) is 5.75 Å². The molecule has 1 N–H and O–H groups in total. The molecule has 0 atom stereocenters. The van der Waals surface area contributed by atoms with Crippen molar-refractivity contribution < 1.29 is 17.9 Å². The Morgan fingerprint density at radius 1 is 1.43 bits per heavy atom. The number of anilines is 2. The van der Waals surface area contributed by atoms with Gasteiger partial charge in [-0.25, -0.2) is 8.42 Å². The molecule has 116 valence electrons. The highest BCUT2D eigenvalue weighted by molar-refractivity contribution is 7.92. The van der Waals surface area contributed by atoms with Crippen molar-refractivity contribution in [2.75, 3.05) is 29.0 Å². The molecule has 0 fully saturated rings. The minimum atomic E-state index is -3.36. The summed E-state index contributed by atoms with van der Waals surface area (Å²) < 4.78 is 30.4. The van der Waals surface area contributed by atoms with Crippen molar-refractivity contribution in [2.24, 2.45) is 0 Å². The molecule has 0 unspecified atom stereocenters. The van der Waals surface area contributed by atoms with E-state index >= 15 is 0 Å². The first kappa shape index (κ1) is 15.6. The maximum Gasteiger partial charge on any atom is 0.232 e. The molecule has 0 aliphatic carbocycles. The van der Waals surface area contributed by atoms with E-state index in [1.807, 2.05) is 6.92 Å². The van der Waals surface area contributed by atoms with Crippen molar-refractivity contribution in [3.8, 4) is 5.75 Å². The average Bonchev–Trinajstić information content (AvgIpc) is 2.43. The van der Waals surface area contributed by atoms with E-state index in [-0.39, 0.29) is 12.5 Å². The van der Waals surface area contributed by atoms with Gasteiger partial charge in [0, 0.05) is 12.1 Å². The molecule has 1 aliphatic rings. The minimum Gasteiger partial charge on any atom is -0.489 e. The maximum absolute atomic E-state index is 11.8. The van der Waals surface area contributed by atoms with Gasteiger partial charge >= 0.3 is 0 Å². The van der Waals surface area contributed by atoms with Crippen molar-refractivity contribution in [3.05, 3.63) is 18.2 Å². The van der Waals surface area contributed by atoms with Crippen LogP contribution in [0, 0.1) is 0 Å². The molecule has 0 bridgehead atoms. The monoisotopic (exact) mass is 312 g/mol. The van der Waals surface area contributed by atoms with E-state index in [0.717, 1.165) is 19.1 Å². The maximum atomic E-state index is 11.8. The lowest BCUT2D eigenvalue weighted by atomic mass is 10.2. The average molecular weight is 312 g/mol. The quantitative estimate of drug-likeness (QED) is 0.902. The number of carbonyl (C=O) groups is 1. The number of hydrogen-bond acceptors (Lipinski definition) is 4. The minimum absolute atomic E-state index is 0.0700. The van der Waals surface area contributed by atoms with Crippen LogP contribution >= 0.6 is 0 Å². The zero-order valence-corrected chi connectivity index (χ0v) is 13.1. The number of benzene rings is 1. The summed E-state index contributed by atoms with van der Waals surface area (Å²) in [6.07, 6.45) is 3.40. The number of carbonyl (C=O) groups excluding carboxylic acids is 1. The van der Waals surface area contributed by atoms with E-state index in [9.17, 15) is 13.2 Å². The van der Waals surface area contributed by atoms with Crippen molar-refractivity contribution in [1.29, 1.82) is 0 Å². The molecule has 0 radical (unpaired) electrons. The van der Waals surface area contributed by atoms with Crippen molar-refractivity contribution in [3.63, 3.8) is 0 Å². The van der Waals surface area contributed by atoms with Gasteiger partial charge in [-0.05, 0) is 24.6 Å². The summed E-state index contributed by atoms with van der Waals surface area (Å²) in [7, 11) is -3.36. The van der Waals surface area contributed by atoms with E-state index in [1.54, 1.807) is 18.2 Å². The number of unbranched alkanes of at least 4 members (excludes halogenated alkanes) is 1. The van der Waals surface area contributed by atoms with Crippen LogP contribution in [0.3, 0.4) is 0 Å². The molecule has 1 aromatic carbocycles. The number of ether oxygens (including phenoxy) is 1. The van der Waals surface area contributed by atoms with E-state index in [1.165, 1.54) is 4.31 Å². The Hall–Kier alpha value is -1.76.